The van der Waals surface area contributed by atoms with Gasteiger partial charge < -0.3 is 35.2 Å². The van der Waals surface area contributed by atoms with E-state index in [1.807, 2.05) is 0 Å². The van der Waals surface area contributed by atoms with Gasteiger partial charge in [0.2, 0.25) is 0 Å². The zero-order valence-corrected chi connectivity index (χ0v) is 24.0. The molecule has 4 amide bonds. The van der Waals surface area contributed by atoms with Gasteiger partial charge in [0.25, 0.3) is 11.8 Å². The lowest BCUT2D eigenvalue weighted by molar-refractivity contribution is 0.0512. The van der Waals surface area contributed by atoms with E-state index in [4.69, 9.17) is 13.9 Å². The highest BCUT2D eigenvalue weighted by Gasteiger charge is 2.18. The van der Waals surface area contributed by atoms with Crippen LogP contribution in [0.4, 0.5) is 21.0 Å². The Kier molecular flexibility index (Phi) is 9.77. The predicted octanol–water partition coefficient (Wildman–Crippen LogP) is 5.83. The highest BCUT2D eigenvalue weighted by molar-refractivity contribution is 6.05. The third-order valence-corrected chi connectivity index (χ3v) is 5.15. The Hall–Kier alpha value is -4.80. The molecular formula is C30H36N4O7. The summed E-state index contributed by atoms with van der Waals surface area (Å²) in [7, 11) is 0. The smallest absolute Gasteiger partial charge is 0.407 e. The maximum atomic E-state index is 12.6. The summed E-state index contributed by atoms with van der Waals surface area (Å²) in [5, 5.41) is 10.8. The molecule has 0 fully saturated rings. The van der Waals surface area contributed by atoms with Gasteiger partial charge >= 0.3 is 12.2 Å². The molecule has 0 radical (unpaired) electrons. The van der Waals surface area contributed by atoms with Crippen LogP contribution in [0.5, 0.6) is 0 Å². The number of ether oxygens (including phenoxy) is 2. The normalized spacial score (nSPS) is 11.3. The number of amides is 4. The largest absolute Gasteiger partial charge is 0.446 e. The van der Waals surface area contributed by atoms with E-state index in [-0.39, 0.29) is 24.6 Å². The Morgan fingerprint density at radius 2 is 0.927 bits per heavy atom. The predicted molar refractivity (Wildman–Crippen MR) is 154 cm³/mol. The summed E-state index contributed by atoms with van der Waals surface area (Å²) in [6.45, 7) is 11.3. The molecule has 218 valence electrons. The fourth-order valence-electron chi connectivity index (χ4n) is 3.36. The van der Waals surface area contributed by atoms with Crippen LogP contribution in [0, 0.1) is 0 Å². The summed E-state index contributed by atoms with van der Waals surface area (Å²) in [5.41, 5.74) is 1.50. The number of alkyl carbamates (subject to hydrolysis) is 2. The van der Waals surface area contributed by atoms with Crippen LogP contribution >= 0.6 is 0 Å². The fourth-order valence-corrected chi connectivity index (χ4v) is 3.36. The molecule has 0 aliphatic heterocycles. The van der Waals surface area contributed by atoms with E-state index in [1.165, 1.54) is 12.1 Å². The van der Waals surface area contributed by atoms with E-state index in [1.54, 1.807) is 90.1 Å². The average molecular weight is 565 g/mol. The van der Waals surface area contributed by atoms with Crippen LogP contribution in [-0.2, 0) is 22.6 Å². The second-order valence-corrected chi connectivity index (χ2v) is 11.2. The van der Waals surface area contributed by atoms with Crippen LogP contribution in [0.2, 0.25) is 0 Å². The maximum absolute atomic E-state index is 12.6. The van der Waals surface area contributed by atoms with Crippen molar-refractivity contribution in [2.75, 3.05) is 10.6 Å². The second kappa shape index (κ2) is 13.0. The zero-order chi connectivity index (χ0) is 30.2. The SMILES string of the molecule is CC(C)(C)OC(=O)NCc1ccc(NC(=O)c2ccc(C(=O)Nc3ccc(CNC(=O)OC(C)(C)C)cc3)o2)cc1. The highest BCUT2D eigenvalue weighted by Crippen LogP contribution is 2.16. The number of benzene rings is 2. The number of nitrogens with one attached hydrogen (secondary N) is 4. The van der Waals surface area contributed by atoms with Gasteiger partial charge in [0.1, 0.15) is 11.2 Å². The number of hydrogen-bond donors (Lipinski definition) is 4. The van der Waals surface area contributed by atoms with Gasteiger partial charge in [0.05, 0.1) is 0 Å². The van der Waals surface area contributed by atoms with E-state index in [0.717, 1.165) is 11.1 Å². The number of anilines is 2. The molecule has 0 atom stereocenters. The van der Waals surface area contributed by atoms with Crippen molar-refractivity contribution < 1.29 is 33.1 Å². The summed E-state index contributed by atoms with van der Waals surface area (Å²) in [6.07, 6.45) is -1.03. The molecule has 4 N–H and O–H groups in total. The summed E-state index contributed by atoms with van der Waals surface area (Å²) < 4.78 is 15.9. The fraction of sp³-hybridized carbons (Fsp3) is 0.333. The molecule has 0 saturated carbocycles. The molecule has 0 spiro atoms. The standard InChI is InChI=1S/C30H36N4O7/c1-29(2,3)40-27(37)31-17-19-7-11-21(12-8-19)33-25(35)23-15-16-24(39-23)26(36)34-22-13-9-20(10-14-22)18-32-28(38)41-30(4,5)6/h7-16H,17-18H2,1-6H3,(H,31,37)(H,32,38)(H,33,35)(H,34,36). The van der Waals surface area contributed by atoms with Crippen molar-refractivity contribution in [2.24, 2.45) is 0 Å². The Bertz CT molecular complexity index is 1260. The van der Waals surface area contributed by atoms with Crippen LogP contribution in [0.15, 0.2) is 65.1 Å². The second-order valence-electron chi connectivity index (χ2n) is 11.2. The van der Waals surface area contributed by atoms with Gasteiger partial charge in [0, 0.05) is 24.5 Å². The highest BCUT2D eigenvalue weighted by atomic mass is 16.6. The van der Waals surface area contributed by atoms with Crippen LogP contribution in [-0.4, -0.2) is 35.2 Å². The van der Waals surface area contributed by atoms with Crippen molar-refractivity contribution >= 4 is 35.4 Å². The molecule has 0 aliphatic carbocycles. The van der Waals surface area contributed by atoms with Gasteiger partial charge in [-0.15, -0.1) is 0 Å². The van der Waals surface area contributed by atoms with Gasteiger partial charge in [-0.3, -0.25) is 9.59 Å². The van der Waals surface area contributed by atoms with Gasteiger partial charge in [-0.25, -0.2) is 9.59 Å². The van der Waals surface area contributed by atoms with Gasteiger partial charge in [-0.2, -0.15) is 0 Å². The third kappa shape index (κ3) is 10.7. The lowest BCUT2D eigenvalue weighted by Crippen LogP contribution is -2.32. The molecule has 0 aliphatic rings. The first-order valence-corrected chi connectivity index (χ1v) is 13.0. The first-order chi connectivity index (χ1) is 19.2. The molecule has 0 saturated heterocycles. The quantitative estimate of drug-likeness (QED) is 0.269. The van der Waals surface area contributed by atoms with E-state index in [0.29, 0.717) is 11.4 Å². The van der Waals surface area contributed by atoms with Crippen molar-refractivity contribution in [2.45, 2.75) is 65.8 Å². The Balaban J connectivity index is 1.48. The van der Waals surface area contributed by atoms with E-state index in [2.05, 4.69) is 21.3 Å². The van der Waals surface area contributed by atoms with Gasteiger partial charge in [0.15, 0.2) is 11.5 Å². The molecule has 1 aromatic heterocycles. The molecule has 0 unspecified atom stereocenters. The topological polar surface area (TPSA) is 148 Å². The van der Waals surface area contributed by atoms with Crippen LogP contribution in [0.1, 0.15) is 73.8 Å². The third-order valence-electron chi connectivity index (χ3n) is 5.15. The van der Waals surface area contributed by atoms with E-state index in [9.17, 15) is 19.2 Å². The lowest BCUT2D eigenvalue weighted by atomic mass is 10.2. The first kappa shape index (κ1) is 30.7. The molecule has 3 rings (SSSR count). The van der Waals surface area contributed by atoms with E-state index < -0.39 is 35.2 Å². The van der Waals surface area contributed by atoms with Crippen molar-refractivity contribution in [3.63, 3.8) is 0 Å². The number of hydrogen-bond acceptors (Lipinski definition) is 7. The molecule has 11 nitrogen and oxygen atoms in total. The van der Waals surface area contributed by atoms with Crippen molar-refractivity contribution in [1.82, 2.24) is 10.6 Å². The number of rotatable bonds is 8. The average Bonchev–Trinajstić information content (AvgIpc) is 3.37. The Morgan fingerprint density at radius 3 is 1.24 bits per heavy atom. The zero-order valence-electron chi connectivity index (χ0n) is 24.0. The number of carbonyl (C=O) groups excluding carboxylic acids is 4. The Labute approximate surface area is 239 Å². The van der Waals surface area contributed by atoms with Crippen LogP contribution in [0.25, 0.3) is 0 Å². The van der Waals surface area contributed by atoms with E-state index >= 15 is 0 Å². The van der Waals surface area contributed by atoms with Gasteiger partial charge in [-0.1, -0.05) is 24.3 Å². The first-order valence-electron chi connectivity index (χ1n) is 13.0. The summed E-state index contributed by atoms with van der Waals surface area (Å²) in [5.74, 6) is -1.11. The lowest BCUT2D eigenvalue weighted by Gasteiger charge is -2.19. The maximum Gasteiger partial charge on any atom is 0.407 e. The Morgan fingerprint density at radius 1 is 0.585 bits per heavy atom. The molecule has 3 aromatic rings. The minimum absolute atomic E-state index is 0.0330. The molecule has 11 heteroatoms. The van der Waals surface area contributed by atoms with Crippen LogP contribution in [0.3, 0.4) is 0 Å². The minimum Gasteiger partial charge on any atom is -0.446 e. The van der Waals surface area contributed by atoms with Crippen molar-refractivity contribution in [3.8, 4) is 0 Å². The molecule has 0 bridgehead atoms. The molecule has 1 heterocycles. The summed E-state index contributed by atoms with van der Waals surface area (Å²) in [6, 6.07) is 16.6. The molecule has 2 aromatic carbocycles. The summed E-state index contributed by atoms with van der Waals surface area (Å²) >= 11 is 0. The molecular weight excluding hydrogens is 528 g/mol. The molecule has 41 heavy (non-hydrogen) atoms. The van der Waals surface area contributed by atoms with Crippen molar-refractivity contribution in [3.05, 3.63) is 83.3 Å². The number of carbonyl (C=O) groups is 4. The van der Waals surface area contributed by atoms with Gasteiger partial charge in [-0.05, 0) is 89.1 Å². The monoisotopic (exact) mass is 564 g/mol. The summed E-state index contributed by atoms with van der Waals surface area (Å²) in [4.78, 5) is 48.8. The van der Waals surface area contributed by atoms with Crippen LogP contribution < -0.4 is 21.3 Å². The van der Waals surface area contributed by atoms with Crippen molar-refractivity contribution in [1.29, 1.82) is 0 Å². The number of furan rings is 1. The minimum atomic E-state index is -0.584.